The second-order valence-corrected chi connectivity index (χ2v) is 7.78. The first-order chi connectivity index (χ1) is 11.7. The van der Waals surface area contributed by atoms with Crippen LogP contribution in [0.2, 0.25) is 0 Å². The van der Waals surface area contributed by atoms with E-state index in [2.05, 4.69) is 10.9 Å². The molecule has 2 unspecified atom stereocenters. The molecule has 25 heavy (non-hydrogen) atoms. The van der Waals surface area contributed by atoms with Crippen molar-refractivity contribution in [3.8, 4) is 5.75 Å². The second-order valence-electron chi connectivity index (χ2n) is 7.78. The standard InChI is InChI=1S/C19H24N2O4/c1-17(2)18(3)9-10-19(17,11-14(18)22)16(24)21-20-15(23)12-5-7-13(25-4)8-6-12/h5-8H,9-11H2,1-4H3,(H,20,23)(H,21,24). The van der Waals surface area contributed by atoms with Crippen molar-refractivity contribution in [1.29, 1.82) is 0 Å². The Balaban J connectivity index is 1.70. The van der Waals surface area contributed by atoms with E-state index in [1.54, 1.807) is 31.4 Å². The first-order valence-electron chi connectivity index (χ1n) is 8.46. The number of hydrazine groups is 1. The molecule has 2 bridgehead atoms. The van der Waals surface area contributed by atoms with E-state index >= 15 is 0 Å². The topological polar surface area (TPSA) is 84.5 Å². The lowest BCUT2D eigenvalue weighted by molar-refractivity contribution is -0.137. The molecule has 2 aliphatic carbocycles. The molecule has 1 aromatic rings. The molecule has 0 heterocycles. The van der Waals surface area contributed by atoms with Crippen molar-refractivity contribution in [2.45, 2.75) is 40.0 Å². The average Bonchev–Trinajstić information content (AvgIpc) is 2.89. The lowest BCUT2D eigenvalue weighted by Gasteiger charge is -2.38. The van der Waals surface area contributed by atoms with Crippen molar-refractivity contribution < 1.29 is 19.1 Å². The highest BCUT2D eigenvalue weighted by Gasteiger charge is 2.72. The van der Waals surface area contributed by atoms with Crippen LogP contribution in [0, 0.1) is 16.2 Å². The van der Waals surface area contributed by atoms with Gasteiger partial charge in [0.1, 0.15) is 11.5 Å². The monoisotopic (exact) mass is 344 g/mol. The Kier molecular flexibility index (Phi) is 3.89. The Morgan fingerprint density at radius 1 is 1.04 bits per heavy atom. The molecule has 0 saturated heterocycles. The molecule has 3 rings (SSSR count). The van der Waals surface area contributed by atoms with E-state index in [9.17, 15) is 14.4 Å². The van der Waals surface area contributed by atoms with Gasteiger partial charge in [-0.2, -0.15) is 0 Å². The van der Waals surface area contributed by atoms with Crippen LogP contribution >= 0.6 is 0 Å². The number of ketones is 1. The summed E-state index contributed by atoms with van der Waals surface area (Å²) < 4.78 is 5.06. The molecule has 2 atom stereocenters. The number of amides is 2. The molecule has 0 spiro atoms. The molecule has 6 nitrogen and oxygen atoms in total. The highest BCUT2D eigenvalue weighted by molar-refractivity contribution is 6.01. The van der Waals surface area contributed by atoms with Crippen LogP contribution in [0.4, 0.5) is 0 Å². The van der Waals surface area contributed by atoms with Crippen LogP contribution in [0.5, 0.6) is 5.75 Å². The molecule has 2 N–H and O–H groups in total. The van der Waals surface area contributed by atoms with Gasteiger partial charge in [0.15, 0.2) is 0 Å². The number of nitrogens with one attached hydrogen (secondary N) is 2. The van der Waals surface area contributed by atoms with Crippen LogP contribution in [0.3, 0.4) is 0 Å². The maximum absolute atomic E-state index is 12.9. The van der Waals surface area contributed by atoms with Crippen LogP contribution < -0.4 is 15.6 Å². The number of benzene rings is 1. The summed E-state index contributed by atoms with van der Waals surface area (Å²) >= 11 is 0. The summed E-state index contributed by atoms with van der Waals surface area (Å²) in [4.78, 5) is 37.5. The molecule has 2 amide bonds. The smallest absolute Gasteiger partial charge is 0.269 e. The van der Waals surface area contributed by atoms with E-state index in [0.29, 0.717) is 24.2 Å². The molecule has 0 aromatic heterocycles. The van der Waals surface area contributed by atoms with Gasteiger partial charge in [-0.1, -0.05) is 20.8 Å². The van der Waals surface area contributed by atoms with Gasteiger partial charge in [0.25, 0.3) is 5.91 Å². The van der Waals surface area contributed by atoms with Crippen molar-refractivity contribution in [1.82, 2.24) is 10.9 Å². The SMILES string of the molecule is COc1ccc(C(=O)NNC(=O)C23CCC(C)(C(=O)C2)C3(C)C)cc1. The van der Waals surface area contributed by atoms with Gasteiger partial charge < -0.3 is 4.74 Å². The third kappa shape index (κ3) is 2.27. The normalized spacial score (nSPS) is 29.4. The zero-order valence-electron chi connectivity index (χ0n) is 15.1. The summed E-state index contributed by atoms with van der Waals surface area (Å²) in [5.41, 5.74) is 3.76. The van der Waals surface area contributed by atoms with Crippen LogP contribution in [0.25, 0.3) is 0 Å². The molecule has 2 fully saturated rings. The van der Waals surface area contributed by atoms with E-state index in [1.165, 1.54) is 0 Å². The minimum atomic E-state index is -0.758. The Hall–Kier alpha value is -2.37. The van der Waals surface area contributed by atoms with Crippen molar-refractivity contribution in [2.24, 2.45) is 16.2 Å². The number of hydrogen-bond donors (Lipinski definition) is 2. The molecule has 134 valence electrons. The Bertz CT molecular complexity index is 740. The fourth-order valence-electron chi connectivity index (χ4n) is 4.41. The largest absolute Gasteiger partial charge is 0.497 e. The molecule has 0 radical (unpaired) electrons. The van der Waals surface area contributed by atoms with Gasteiger partial charge >= 0.3 is 0 Å². The zero-order chi connectivity index (χ0) is 18.5. The zero-order valence-corrected chi connectivity index (χ0v) is 15.1. The Morgan fingerprint density at radius 3 is 2.16 bits per heavy atom. The van der Waals surface area contributed by atoms with E-state index in [1.807, 2.05) is 20.8 Å². The maximum atomic E-state index is 12.9. The number of methoxy groups -OCH3 is 1. The minimum absolute atomic E-state index is 0.139. The maximum Gasteiger partial charge on any atom is 0.269 e. The number of rotatable bonds is 3. The lowest BCUT2D eigenvalue weighted by Crippen LogP contribution is -2.52. The minimum Gasteiger partial charge on any atom is -0.497 e. The molecule has 6 heteroatoms. The molecule has 2 saturated carbocycles. The molecular formula is C19H24N2O4. The number of carbonyl (C=O) groups is 3. The summed E-state index contributed by atoms with van der Waals surface area (Å²) in [7, 11) is 1.55. The van der Waals surface area contributed by atoms with E-state index in [0.717, 1.165) is 0 Å². The van der Waals surface area contributed by atoms with Crippen LogP contribution in [-0.2, 0) is 9.59 Å². The summed E-state index contributed by atoms with van der Waals surface area (Å²) in [6.07, 6.45) is 1.60. The number of carbonyl (C=O) groups excluding carboxylic acids is 3. The first kappa shape index (κ1) is 17.5. The number of Topliss-reactive ketones (excluding diaryl/α,β-unsaturated/α-hetero) is 1. The fraction of sp³-hybridized carbons (Fsp3) is 0.526. The van der Waals surface area contributed by atoms with Gasteiger partial charge in [0.05, 0.1) is 12.5 Å². The second kappa shape index (κ2) is 5.58. The van der Waals surface area contributed by atoms with E-state index in [-0.39, 0.29) is 18.1 Å². The van der Waals surface area contributed by atoms with Gasteiger partial charge in [-0.15, -0.1) is 0 Å². The van der Waals surface area contributed by atoms with Gasteiger partial charge in [-0.3, -0.25) is 25.2 Å². The summed E-state index contributed by atoms with van der Waals surface area (Å²) in [5.74, 6) is 0.0977. The van der Waals surface area contributed by atoms with Crippen molar-refractivity contribution in [3.05, 3.63) is 29.8 Å². The molecule has 0 aliphatic heterocycles. The predicted octanol–water partition coefficient (Wildman–Crippen LogP) is 2.24. The van der Waals surface area contributed by atoms with Gasteiger partial charge in [-0.25, -0.2) is 0 Å². The lowest BCUT2D eigenvalue weighted by atomic mass is 9.64. The van der Waals surface area contributed by atoms with Crippen molar-refractivity contribution >= 4 is 17.6 Å². The van der Waals surface area contributed by atoms with Crippen molar-refractivity contribution in [3.63, 3.8) is 0 Å². The van der Waals surface area contributed by atoms with Gasteiger partial charge in [0, 0.05) is 17.4 Å². The van der Waals surface area contributed by atoms with Gasteiger partial charge in [-0.05, 0) is 42.5 Å². The van der Waals surface area contributed by atoms with Crippen LogP contribution in [0.1, 0.15) is 50.4 Å². The highest BCUT2D eigenvalue weighted by atomic mass is 16.5. The van der Waals surface area contributed by atoms with E-state index in [4.69, 9.17) is 4.74 Å². The van der Waals surface area contributed by atoms with Crippen molar-refractivity contribution in [2.75, 3.05) is 7.11 Å². The first-order valence-corrected chi connectivity index (χ1v) is 8.46. The van der Waals surface area contributed by atoms with Crippen LogP contribution in [0.15, 0.2) is 24.3 Å². The molecule has 2 aliphatic rings. The number of fused-ring (bicyclic) bond motifs is 2. The summed E-state index contributed by atoms with van der Waals surface area (Å²) in [5, 5.41) is 0. The van der Waals surface area contributed by atoms with Gasteiger partial charge in [0.2, 0.25) is 5.91 Å². The summed E-state index contributed by atoms with van der Waals surface area (Å²) in [6, 6.07) is 6.59. The highest BCUT2D eigenvalue weighted by Crippen LogP contribution is 2.70. The Labute approximate surface area is 147 Å². The number of ether oxygens (including phenoxy) is 1. The predicted molar refractivity (Wildman–Crippen MR) is 91.8 cm³/mol. The fourth-order valence-corrected chi connectivity index (χ4v) is 4.41. The third-order valence-corrected chi connectivity index (χ3v) is 6.78. The average molecular weight is 344 g/mol. The summed E-state index contributed by atoms with van der Waals surface area (Å²) in [6.45, 7) is 5.92. The quantitative estimate of drug-likeness (QED) is 0.824. The third-order valence-electron chi connectivity index (χ3n) is 6.78. The van der Waals surface area contributed by atoms with E-state index < -0.39 is 22.2 Å². The number of hydrogen-bond acceptors (Lipinski definition) is 4. The van der Waals surface area contributed by atoms with Crippen LogP contribution in [-0.4, -0.2) is 24.7 Å². The Morgan fingerprint density at radius 2 is 1.68 bits per heavy atom. The molecular weight excluding hydrogens is 320 g/mol. The molecule has 1 aromatic carbocycles.